The molecular formula is C16H24FN3O2. The number of nitrogens with zero attached hydrogens (tertiary/aromatic N) is 2. The van der Waals surface area contributed by atoms with Gasteiger partial charge in [-0.3, -0.25) is 0 Å². The molecule has 0 bridgehead atoms. The van der Waals surface area contributed by atoms with Crippen LogP contribution in [-0.4, -0.2) is 62.7 Å². The van der Waals surface area contributed by atoms with Gasteiger partial charge in [-0.05, 0) is 38.6 Å². The highest BCUT2D eigenvalue weighted by Crippen LogP contribution is 2.16. The fraction of sp³-hybridized carbons (Fsp3) is 0.562. The first-order valence-electron chi connectivity index (χ1n) is 7.60. The number of nitrogens with one attached hydrogen (secondary N) is 1. The average Bonchev–Trinajstić information content (AvgIpc) is 2.91. The lowest BCUT2D eigenvalue weighted by Gasteiger charge is -2.19. The summed E-state index contributed by atoms with van der Waals surface area (Å²) in [6.45, 7) is 3.34. The maximum atomic E-state index is 13.0. The zero-order valence-electron chi connectivity index (χ0n) is 13.2. The molecular weight excluding hydrogens is 285 g/mol. The van der Waals surface area contributed by atoms with Crippen LogP contribution in [0.2, 0.25) is 0 Å². The maximum absolute atomic E-state index is 13.0. The summed E-state index contributed by atoms with van der Waals surface area (Å²) in [5.41, 5.74) is 0. The second-order valence-electron chi connectivity index (χ2n) is 5.90. The first-order valence-corrected chi connectivity index (χ1v) is 7.60. The second kappa shape index (κ2) is 7.98. The van der Waals surface area contributed by atoms with E-state index in [1.807, 2.05) is 19.0 Å². The number of halogens is 1. The van der Waals surface area contributed by atoms with E-state index < -0.39 is 0 Å². The van der Waals surface area contributed by atoms with Gasteiger partial charge in [-0.25, -0.2) is 9.18 Å². The summed E-state index contributed by atoms with van der Waals surface area (Å²) in [6.07, 6.45) is 1.05. The lowest BCUT2D eigenvalue weighted by atomic mass is 10.1. The van der Waals surface area contributed by atoms with Gasteiger partial charge in [-0.1, -0.05) is 6.07 Å². The van der Waals surface area contributed by atoms with E-state index in [1.54, 1.807) is 12.1 Å². The van der Waals surface area contributed by atoms with Crippen LogP contribution in [0.3, 0.4) is 0 Å². The molecule has 2 amide bonds. The minimum absolute atomic E-state index is 0.0518. The Balaban J connectivity index is 1.64. The number of ether oxygens (including phenoxy) is 1. The van der Waals surface area contributed by atoms with Crippen molar-refractivity contribution < 1.29 is 13.9 Å². The first kappa shape index (κ1) is 16.5. The van der Waals surface area contributed by atoms with Gasteiger partial charge < -0.3 is 19.9 Å². The maximum Gasteiger partial charge on any atom is 0.317 e. The Morgan fingerprint density at radius 3 is 3.05 bits per heavy atom. The van der Waals surface area contributed by atoms with Crippen LogP contribution < -0.4 is 10.1 Å². The Morgan fingerprint density at radius 1 is 1.50 bits per heavy atom. The third kappa shape index (κ3) is 5.18. The summed E-state index contributed by atoms with van der Waals surface area (Å²) in [4.78, 5) is 16.0. The van der Waals surface area contributed by atoms with Crippen LogP contribution in [0, 0.1) is 11.7 Å². The minimum Gasteiger partial charge on any atom is -0.492 e. The van der Waals surface area contributed by atoms with Crippen LogP contribution in [0.1, 0.15) is 6.42 Å². The van der Waals surface area contributed by atoms with Crippen molar-refractivity contribution in [1.29, 1.82) is 0 Å². The zero-order chi connectivity index (χ0) is 15.9. The fourth-order valence-electron chi connectivity index (χ4n) is 2.68. The number of urea groups is 1. The Hall–Kier alpha value is -1.82. The largest absolute Gasteiger partial charge is 0.492 e. The number of hydrogen-bond acceptors (Lipinski definition) is 3. The highest BCUT2D eigenvalue weighted by atomic mass is 19.1. The van der Waals surface area contributed by atoms with E-state index in [-0.39, 0.29) is 11.8 Å². The Morgan fingerprint density at radius 2 is 2.32 bits per heavy atom. The molecule has 1 fully saturated rings. The summed E-state index contributed by atoms with van der Waals surface area (Å²) < 4.78 is 18.4. The summed E-state index contributed by atoms with van der Waals surface area (Å²) >= 11 is 0. The Bertz CT molecular complexity index is 496. The summed E-state index contributed by atoms with van der Waals surface area (Å²) in [6, 6.07) is 5.93. The van der Waals surface area contributed by atoms with Crippen molar-refractivity contribution in [2.45, 2.75) is 6.42 Å². The number of hydrogen-bond donors (Lipinski definition) is 1. The molecule has 0 saturated carbocycles. The number of carbonyl (C=O) groups excluding carboxylic acids is 1. The van der Waals surface area contributed by atoms with E-state index in [9.17, 15) is 9.18 Å². The van der Waals surface area contributed by atoms with Gasteiger partial charge in [0.1, 0.15) is 18.2 Å². The molecule has 6 heteroatoms. The van der Waals surface area contributed by atoms with Gasteiger partial charge in [0, 0.05) is 25.7 Å². The SMILES string of the molecule is CN(C)C[C@@H]1CCN(C(=O)NCCOc2cccc(F)c2)C1. The smallest absolute Gasteiger partial charge is 0.317 e. The van der Waals surface area contributed by atoms with Crippen LogP contribution in [0.4, 0.5) is 9.18 Å². The van der Waals surface area contributed by atoms with E-state index in [0.717, 1.165) is 26.1 Å². The molecule has 0 radical (unpaired) electrons. The zero-order valence-corrected chi connectivity index (χ0v) is 13.2. The molecule has 1 saturated heterocycles. The molecule has 122 valence electrons. The molecule has 2 rings (SSSR count). The van der Waals surface area contributed by atoms with Crippen molar-refractivity contribution in [3.8, 4) is 5.75 Å². The van der Waals surface area contributed by atoms with Gasteiger partial charge in [-0.15, -0.1) is 0 Å². The molecule has 1 aromatic rings. The predicted octanol–water partition coefficient (Wildman–Crippen LogP) is 1.80. The number of likely N-dealkylation sites (tertiary alicyclic amines) is 1. The fourth-order valence-corrected chi connectivity index (χ4v) is 2.68. The van der Waals surface area contributed by atoms with E-state index in [0.29, 0.717) is 24.8 Å². The van der Waals surface area contributed by atoms with E-state index >= 15 is 0 Å². The second-order valence-corrected chi connectivity index (χ2v) is 5.90. The van der Waals surface area contributed by atoms with Crippen molar-refractivity contribution >= 4 is 6.03 Å². The molecule has 1 N–H and O–H groups in total. The summed E-state index contributed by atoms with van der Waals surface area (Å²) in [5, 5.41) is 2.84. The average molecular weight is 309 g/mol. The molecule has 1 aliphatic rings. The van der Waals surface area contributed by atoms with Gasteiger partial charge >= 0.3 is 6.03 Å². The Labute approximate surface area is 131 Å². The predicted molar refractivity (Wildman–Crippen MR) is 83.5 cm³/mol. The molecule has 22 heavy (non-hydrogen) atoms. The van der Waals surface area contributed by atoms with E-state index in [2.05, 4.69) is 10.2 Å². The molecule has 1 atom stereocenters. The van der Waals surface area contributed by atoms with E-state index in [1.165, 1.54) is 12.1 Å². The van der Waals surface area contributed by atoms with Gasteiger partial charge in [0.25, 0.3) is 0 Å². The van der Waals surface area contributed by atoms with Crippen LogP contribution >= 0.6 is 0 Å². The van der Waals surface area contributed by atoms with Crippen molar-refractivity contribution in [2.24, 2.45) is 5.92 Å². The van der Waals surface area contributed by atoms with Gasteiger partial charge in [0.2, 0.25) is 0 Å². The molecule has 1 aliphatic heterocycles. The number of benzene rings is 1. The van der Waals surface area contributed by atoms with Crippen LogP contribution in [-0.2, 0) is 0 Å². The molecule has 0 unspecified atom stereocenters. The topological polar surface area (TPSA) is 44.8 Å². The minimum atomic E-state index is -0.328. The van der Waals surface area contributed by atoms with Gasteiger partial charge in [0.15, 0.2) is 0 Å². The van der Waals surface area contributed by atoms with Gasteiger partial charge in [0.05, 0.1) is 6.54 Å². The number of rotatable bonds is 6. The van der Waals surface area contributed by atoms with Crippen molar-refractivity contribution in [2.75, 3.05) is 46.9 Å². The highest BCUT2D eigenvalue weighted by Gasteiger charge is 2.26. The van der Waals surface area contributed by atoms with Crippen LogP contribution in [0.15, 0.2) is 24.3 Å². The molecule has 1 heterocycles. The van der Waals surface area contributed by atoms with Crippen molar-refractivity contribution in [3.63, 3.8) is 0 Å². The normalized spacial score (nSPS) is 17.8. The van der Waals surface area contributed by atoms with E-state index in [4.69, 9.17) is 4.74 Å². The molecule has 5 nitrogen and oxygen atoms in total. The highest BCUT2D eigenvalue weighted by molar-refractivity contribution is 5.74. The third-order valence-electron chi connectivity index (χ3n) is 3.64. The number of amides is 2. The lowest BCUT2D eigenvalue weighted by molar-refractivity contribution is 0.202. The first-order chi connectivity index (χ1) is 10.5. The quantitative estimate of drug-likeness (QED) is 0.815. The molecule has 0 spiro atoms. The number of carbonyl (C=O) groups is 1. The lowest BCUT2D eigenvalue weighted by Crippen LogP contribution is -2.40. The monoisotopic (exact) mass is 309 g/mol. The van der Waals surface area contributed by atoms with Crippen molar-refractivity contribution in [3.05, 3.63) is 30.1 Å². The standard InChI is InChI=1S/C16H24FN3O2/c1-19(2)11-13-6-8-20(12-13)16(21)18-7-9-22-15-5-3-4-14(17)10-15/h3-5,10,13H,6-9,11-12H2,1-2H3,(H,18,21)/t13-/m0/s1. The Kier molecular flexibility index (Phi) is 6.00. The van der Waals surface area contributed by atoms with Crippen molar-refractivity contribution in [1.82, 2.24) is 15.1 Å². The molecule has 1 aromatic carbocycles. The van der Waals surface area contributed by atoms with Crippen LogP contribution in [0.25, 0.3) is 0 Å². The molecule has 0 aliphatic carbocycles. The summed E-state index contributed by atoms with van der Waals surface area (Å²) in [7, 11) is 4.10. The molecule has 0 aromatic heterocycles. The summed E-state index contributed by atoms with van der Waals surface area (Å²) in [5.74, 6) is 0.691. The van der Waals surface area contributed by atoms with Gasteiger partial charge in [-0.2, -0.15) is 0 Å². The third-order valence-corrected chi connectivity index (χ3v) is 3.64. The van der Waals surface area contributed by atoms with Crippen LogP contribution in [0.5, 0.6) is 5.75 Å².